The maximum atomic E-state index is 11.6. The Morgan fingerprint density at radius 3 is 3.00 bits per heavy atom. The number of rotatable bonds is 7. The highest BCUT2D eigenvalue weighted by Gasteiger charge is 2.11. The monoisotopic (exact) mass is 314 g/mol. The zero-order valence-electron chi connectivity index (χ0n) is 11.7. The quantitative estimate of drug-likeness (QED) is 0.799. The van der Waals surface area contributed by atoms with Crippen LogP contribution in [0, 0.1) is 5.92 Å². The molecule has 0 aliphatic heterocycles. The van der Waals surface area contributed by atoms with Crippen LogP contribution in [0.5, 0.6) is 0 Å². The molecule has 2 heterocycles. The topological polar surface area (TPSA) is 107 Å². The third kappa shape index (κ3) is 5.20. The van der Waals surface area contributed by atoms with Crippen LogP contribution in [0.3, 0.4) is 0 Å². The highest BCUT2D eigenvalue weighted by atomic mass is 35.5. The Kier molecular flexibility index (Phi) is 6.90. The number of aromatic nitrogens is 2. The first-order valence-corrected chi connectivity index (χ1v) is 6.51. The number of furan rings is 1. The molecule has 116 valence electrons. The first-order chi connectivity index (χ1) is 9.69. The summed E-state index contributed by atoms with van der Waals surface area (Å²) < 4.78 is 10.0. The summed E-state index contributed by atoms with van der Waals surface area (Å²) in [6.45, 7) is 3.12. The van der Waals surface area contributed by atoms with Crippen molar-refractivity contribution in [2.45, 2.75) is 19.8 Å². The van der Waals surface area contributed by atoms with Gasteiger partial charge in [0.05, 0.1) is 11.8 Å². The van der Waals surface area contributed by atoms with E-state index in [1.54, 1.807) is 6.07 Å². The molecule has 1 unspecified atom stereocenters. The van der Waals surface area contributed by atoms with Crippen molar-refractivity contribution < 1.29 is 13.7 Å². The van der Waals surface area contributed by atoms with Crippen LogP contribution in [0.25, 0.3) is 11.4 Å². The van der Waals surface area contributed by atoms with Gasteiger partial charge in [-0.25, -0.2) is 0 Å². The molecule has 1 amide bonds. The van der Waals surface area contributed by atoms with Crippen LogP contribution in [0.1, 0.15) is 19.2 Å². The van der Waals surface area contributed by atoms with Crippen LogP contribution >= 0.6 is 12.4 Å². The molecule has 0 aliphatic carbocycles. The van der Waals surface area contributed by atoms with Crippen LogP contribution in [0.4, 0.5) is 0 Å². The molecular weight excluding hydrogens is 296 g/mol. The van der Waals surface area contributed by atoms with E-state index >= 15 is 0 Å². The third-order valence-corrected chi connectivity index (χ3v) is 2.86. The lowest BCUT2D eigenvalue weighted by Crippen LogP contribution is -2.31. The first-order valence-electron chi connectivity index (χ1n) is 6.51. The molecule has 2 rings (SSSR count). The molecule has 0 radical (unpaired) electrons. The van der Waals surface area contributed by atoms with E-state index in [4.69, 9.17) is 14.7 Å². The van der Waals surface area contributed by atoms with Gasteiger partial charge in [-0.3, -0.25) is 4.79 Å². The Morgan fingerprint density at radius 1 is 1.52 bits per heavy atom. The molecule has 21 heavy (non-hydrogen) atoms. The lowest BCUT2D eigenvalue weighted by molar-refractivity contribution is -0.121. The number of hydrogen-bond donors (Lipinski definition) is 2. The van der Waals surface area contributed by atoms with Gasteiger partial charge in [0.25, 0.3) is 0 Å². The average molecular weight is 315 g/mol. The van der Waals surface area contributed by atoms with E-state index in [2.05, 4.69) is 15.5 Å². The van der Waals surface area contributed by atoms with Crippen molar-refractivity contribution in [2.24, 2.45) is 11.7 Å². The van der Waals surface area contributed by atoms with Gasteiger partial charge in [0.2, 0.25) is 17.6 Å². The van der Waals surface area contributed by atoms with Crippen molar-refractivity contribution >= 4 is 18.3 Å². The molecule has 0 saturated heterocycles. The maximum Gasteiger partial charge on any atom is 0.227 e. The van der Waals surface area contributed by atoms with E-state index < -0.39 is 0 Å². The average Bonchev–Trinajstić information content (AvgIpc) is 3.12. The van der Waals surface area contributed by atoms with Crippen LogP contribution in [0.2, 0.25) is 0 Å². The van der Waals surface area contributed by atoms with Gasteiger partial charge in [0.1, 0.15) is 6.26 Å². The van der Waals surface area contributed by atoms with E-state index in [0.717, 1.165) is 5.56 Å². The number of amides is 1. The Labute approximate surface area is 128 Å². The van der Waals surface area contributed by atoms with Gasteiger partial charge in [-0.2, -0.15) is 4.98 Å². The van der Waals surface area contributed by atoms with E-state index in [1.807, 2.05) is 6.92 Å². The van der Waals surface area contributed by atoms with Crippen molar-refractivity contribution in [3.63, 3.8) is 0 Å². The number of nitrogens with one attached hydrogen (secondary N) is 1. The molecule has 0 aliphatic rings. The number of carbonyl (C=O) groups excluding carboxylic acids is 1. The molecular formula is C13H19ClN4O3. The van der Waals surface area contributed by atoms with Gasteiger partial charge >= 0.3 is 0 Å². The van der Waals surface area contributed by atoms with Crippen LogP contribution in [-0.2, 0) is 11.2 Å². The van der Waals surface area contributed by atoms with Crippen molar-refractivity contribution in [3.8, 4) is 11.4 Å². The summed E-state index contributed by atoms with van der Waals surface area (Å²) in [4.78, 5) is 15.8. The molecule has 2 aromatic rings. The van der Waals surface area contributed by atoms with Crippen molar-refractivity contribution in [1.82, 2.24) is 15.5 Å². The molecule has 0 aromatic carbocycles. The van der Waals surface area contributed by atoms with Gasteiger partial charge in [-0.05, 0) is 18.5 Å². The summed E-state index contributed by atoms with van der Waals surface area (Å²) in [6.07, 6.45) is 3.80. The summed E-state index contributed by atoms with van der Waals surface area (Å²) >= 11 is 0. The fraction of sp³-hybridized carbons (Fsp3) is 0.462. The van der Waals surface area contributed by atoms with Crippen molar-refractivity contribution in [2.75, 3.05) is 13.1 Å². The highest BCUT2D eigenvalue weighted by Crippen LogP contribution is 2.16. The van der Waals surface area contributed by atoms with Gasteiger partial charge in [0, 0.05) is 19.4 Å². The number of carbonyl (C=O) groups is 1. The van der Waals surface area contributed by atoms with Gasteiger partial charge in [-0.15, -0.1) is 12.4 Å². The minimum absolute atomic E-state index is 0. The minimum Gasteiger partial charge on any atom is -0.472 e. The second-order valence-corrected chi connectivity index (χ2v) is 4.67. The standard InChI is InChI=1S/C13H18N4O3.ClH/c1-9(6-14)7-15-11(18)2-3-12-16-13(17-20-12)10-4-5-19-8-10;/h4-5,8-9H,2-3,6-7,14H2,1H3,(H,15,18);1H. The zero-order valence-corrected chi connectivity index (χ0v) is 12.6. The normalized spacial score (nSPS) is 11.7. The number of nitrogens with zero attached hydrogens (tertiary/aromatic N) is 2. The molecule has 2 aromatic heterocycles. The first kappa shape index (κ1) is 17.2. The van der Waals surface area contributed by atoms with Gasteiger partial charge < -0.3 is 20.0 Å². The lowest BCUT2D eigenvalue weighted by atomic mass is 10.2. The van der Waals surface area contributed by atoms with Gasteiger partial charge in [0.15, 0.2) is 0 Å². The van der Waals surface area contributed by atoms with E-state index in [0.29, 0.717) is 37.6 Å². The Morgan fingerprint density at radius 2 is 2.33 bits per heavy atom. The predicted molar refractivity (Wildman–Crippen MR) is 78.8 cm³/mol. The number of nitrogens with two attached hydrogens (primary N) is 1. The predicted octanol–water partition coefficient (Wildman–Crippen LogP) is 1.39. The number of hydrogen-bond acceptors (Lipinski definition) is 6. The SMILES string of the molecule is CC(CN)CNC(=O)CCc1nc(-c2ccoc2)no1.Cl. The second kappa shape index (κ2) is 8.43. The summed E-state index contributed by atoms with van der Waals surface area (Å²) in [5.41, 5.74) is 6.23. The molecule has 8 heteroatoms. The summed E-state index contributed by atoms with van der Waals surface area (Å²) in [6, 6.07) is 1.75. The third-order valence-electron chi connectivity index (χ3n) is 2.86. The van der Waals surface area contributed by atoms with Crippen LogP contribution < -0.4 is 11.1 Å². The zero-order chi connectivity index (χ0) is 14.4. The minimum atomic E-state index is -0.0478. The van der Waals surface area contributed by atoms with Crippen LogP contribution in [-0.4, -0.2) is 29.1 Å². The molecule has 1 atom stereocenters. The Hall–Kier alpha value is -1.86. The second-order valence-electron chi connectivity index (χ2n) is 4.67. The Balaban J connectivity index is 0.00000220. The van der Waals surface area contributed by atoms with E-state index in [9.17, 15) is 4.79 Å². The summed E-state index contributed by atoms with van der Waals surface area (Å²) in [5, 5.41) is 6.64. The largest absolute Gasteiger partial charge is 0.472 e. The smallest absolute Gasteiger partial charge is 0.227 e. The highest BCUT2D eigenvalue weighted by molar-refractivity contribution is 5.85. The Bertz CT molecular complexity index is 541. The van der Waals surface area contributed by atoms with E-state index in [-0.39, 0.29) is 24.2 Å². The fourth-order valence-corrected chi connectivity index (χ4v) is 1.55. The lowest BCUT2D eigenvalue weighted by Gasteiger charge is -2.09. The number of aryl methyl sites for hydroxylation is 1. The number of halogens is 1. The van der Waals surface area contributed by atoms with Crippen molar-refractivity contribution in [3.05, 3.63) is 24.5 Å². The maximum absolute atomic E-state index is 11.6. The summed E-state index contributed by atoms with van der Waals surface area (Å²) in [5.74, 6) is 1.12. The van der Waals surface area contributed by atoms with Crippen molar-refractivity contribution in [1.29, 1.82) is 0 Å². The molecule has 0 fully saturated rings. The molecule has 0 saturated carbocycles. The van der Waals surface area contributed by atoms with Crippen LogP contribution in [0.15, 0.2) is 27.5 Å². The molecule has 0 bridgehead atoms. The summed E-state index contributed by atoms with van der Waals surface area (Å²) in [7, 11) is 0. The van der Waals surface area contributed by atoms with Gasteiger partial charge in [-0.1, -0.05) is 12.1 Å². The molecule has 3 N–H and O–H groups in total. The molecule has 7 nitrogen and oxygen atoms in total. The molecule has 0 spiro atoms. The fourth-order valence-electron chi connectivity index (χ4n) is 1.55. The van der Waals surface area contributed by atoms with E-state index in [1.165, 1.54) is 12.5 Å².